The molecule has 1 saturated heterocycles. The molecule has 0 bridgehead atoms. The lowest BCUT2D eigenvalue weighted by Crippen LogP contribution is -2.47. The van der Waals surface area contributed by atoms with E-state index < -0.39 is 0 Å². The Kier molecular flexibility index (Phi) is 8.96. The van der Waals surface area contributed by atoms with Gasteiger partial charge in [-0.25, -0.2) is 0 Å². The van der Waals surface area contributed by atoms with Crippen molar-refractivity contribution in [1.82, 2.24) is 15.5 Å². The second-order valence-corrected chi connectivity index (χ2v) is 5.35. The minimum Gasteiger partial charge on any atom is -0.385 e. The average Bonchev–Trinajstić information content (AvgIpc) is 2.49. The predicted molar refractivity (Wildman–Crippen MR) is 80.7 cm³/mol. The van der Waals surface area contributed by atoms with Crippen LogP contribution in [0.1, 0.15) is 19.3 Å². The number of likely N-dealkylation sites (tertiary alicyclic amines) is 1. The van der Waals surface area contributed by atoms with Crippen molar-refractivity contribution < 1.29 is 14.3 Å². The highest BCUT2D eigenvalue weighted by atomic mass is 16.5. The number of hydrogen-bond acceptors (Lipinski definition) is 5. The van der Waals surface area contributed by atoms with Gasteiger partial charge in [-0.3, -0.25) is 14.5 Å². The van der Waals surface area contributed by atoms with Gasteiger partial charge in [0.1, 0.15) is 0 Å². The lowest BCUT2D eigenvalue weighted by atomic mass is 9.97. The van der Waals surface area contributed by atoms with Crippen LogP contribution < -0.4 is 16.4 Å². The normalized spacial score (nSPS) is 19.2. The maximum absolute atomic E-state index is 11.9. The van der Waals surface area contributed by atoms with E-state index in [0.717, 1.165) is 25.8 Å². The summed E-state index contributed by atoms with van der Waals surface area (Å²) in [6.45, 7) is 4.09. The fraction of sp³-hybridized carbons (Fsp3) is 0.857. The van der Waals surface area contributed by atoms with Gasteiger partial charge < -0.3 is 21.1 Å². The Balaban J connectivity index is 2.25. The molecule has 2 amide bonds. The third kappa shape index (κ3) is 7.40. The van der Waals surface area contributed by atoms with Crippen LogP contribution in [0.4, 0.5) is 0 Å². The molecule has 7 heteroatoms. The largest absolute Gasteiger partial charge is 0.385 e. The zero-order valence-electron chi connectivity index (χ0n) is 12.9. The summed E-state index contributed by atoms with van der Waals surface area (Å²) >= 11 is 0. The van der Waals surface area contributed by atoms with Crippen LogP contribution in [-0.2, 0) is 14.3 Å². The second kappa shape index (κ2) is 10.5. The van der Waals surface area contributed by atoms with E-state index >= 15 is 0 Å². The Bertz CT molecular complexity index is 325. The topological polar surface area (TPSA) is 96.7 Å². The molecular weight excluding hydrogens is 272 g/mol. The number of hydrogen-bond donors (Lipinski definition) is 3. The van der Waals surface area contributed by atoms with Crippen LogP contribution in [0.5, 0.6) is 0 Å². The molecule has 1 fully saturated rings. The number of rotatable bonds is 9. The first-order valence-electron chi connectivity index (χ1n) is 7.63. The van der Waals surface area contributed by atoms with Crippen molar-refractivity contribution >= 4 is 11.8 Å². The van der Waals surface area contributed by atoms with E-state index in [9.17, 15) is 9.59 Å². The molecule has 1 atom stereocenters. The van der Waals surface area contributed by atoms with Gasteiger partial charge in [-0.15, -0.1) is 0 Å². The zero-order valence-corrected chi connectivity index (χ0v) is 12.9. The van der Waals surface area contributed by atoms with Crippen molar-refractivity contribution in [3.8, 4) is 0 Å². The fourth-order valence-electron chi connectivity index (χ4n) is 2.46. The van der Waals surface area contributed by atoms with Gasteiger partial charge in [0.25, 0.3) is 0 Å². The minimum atomic E-state index is -0.0356. The Morgan fingerprint density at radius 3 is 2.86 bits per heavy atom. The van der Waals surface area contributed by atoms with Crippen molar-refractivity contribution in [3.05, 3.63) is 0 Å². The van der Waals surface area contributed by atoms with E-state index in [1.54, 1.807) is 7.11 Å². The zero-order chi connectivity index (χ0) is 15.5. The molecule has 0 spiro atoms. The lowest BCUT2D eigenvalue weighted by molar-refractivity contribution is -0.128. The molecule has 1 unspecified atom stereocenters. The highest BCUT2D eigenvalue weighted by molar-refractivity contribution is 5.80. The number of methoxy groups -OCH3 is 1. The van der Waals surface area contributed by atoms with Crippen LogP contribution >= 0.6 is 0 Å². The Hall–Kier alpha value is -1.18. The first-order valence-corrected chi connectivity index (χ1v) is 7.63. The number of ether oxygens (including phenoxy) is 1. The summed E-state index contributed by atoms with van der Waals surface area (Å²) in [5.41, 5.74) is 5.38. The fourth-order valence-corrected chi connectivity index (χ4v) is 2.46. The van der Waals surface area contributed by atoms with Crippen LogP contribution in [0.25, 0.3) is 0 Å². The summed E-state index contributed by atoms with van der Waals surface area (Å²) in [6.07, 6.45) is 2.63. The van der Waals surface area contributed by atoms with Gasteiger partial charge in [0.15, 0.2) is 0 Å². The molecule has 0 aromatic rings. The first-order chi connectivity index (χ1) is 10.2. The van der Waals surface area contributed by atoms with Gasteiger partial charge in [0.05, 0.1) is 12.5 Å². The summed E-state index contributed by atoms with van der Waals surface area (Å²) in [7, 11) is 1.64. The van der Waals surface area contributed by atoms with Gasteiger partial charge in [-0.1, -0.05) is 0 Å². The van der Waals surface area contributed by atoms with Crippen LogP contribution in [0.3, 0.4) is 0 Å². The Morgan fingerprint density at radius 1 is 1.33 bits per heavy atom. The molecule has 0 aromatic heterocycles. The van der Waals surface area contributed by atoms with E-state index in [0.29, 0.717) is 39.3 Å². The summed E-state index contributed by atoms with van der Waals surface area (Å²) in [5.74, 6) is 0.0198. The van der Waals surface area contributed by atoms with Gasteiger partial charge in [-0.2, -0.15) is 0 Å². The van der Waals surface area contributed by atoms with Gasteiger partial charge in [-0.05, 0) is 25.8 Å². The number of carbonyl (C=O) groups excluding carboxylic acids is 2. The van der Waals surface area contributed by atoms with Gasteiger partial charge in [0.2, 0.25) is 11.8 Å². The van der Waals surface area contributed by atoms with Crippen LogP contribution in [0.15, 0.2) is 0 Å². The Labute approximate surface area is 126 Å². The third-order valence-electron chi connectivity index (χ3n) is 3.53. The maximum Gasteiger partial charge on any atom is 0.234 e. The molecule has 0 aromatic carbocycles. The van der Waals surface area contributed by atoms with Crippen molar-refractivity contribution in [2.24, 2.45) is 11.7 Å². The predicted octanol–water partition coefficient (Wildman–Crippen LogP) is -1.07. The molecule has 21 heavy (non-hydrogen) atoms. The average molecular weight is 300 g/mol. The van der Waals surface area contributed by atoms with Crippen molar-refractivity contribution in [2.75, 3.05) is 53.0 Å². The molecule has 0 radical (unpaired) electrons. The van der Waals surface area contributed by atoms with E-state index in [4.69, 9.17) is 10.5 Å². The number of nitrogens with one attached hydrogen (secondary N) is 2. The summed E-state index contributed by atoms with van der Waals surface area (Å²) in [6, 6.07) is 0. The van der Waals surface area contributed by atoms with Crippen LogP contribution in [0, 0.1) is 5.92 Å². The van der Waals surface area contributed by atoms with Gasteiger partial charge >= 0.3 is 0 Å². The highest BCUT2D eigenvalue weighted by Crippen LogP contribution is 2.16. The SMILES string of the molecule is COCCCNC(=O)CN1CCCC(C(=O)NCCN)C1. The smallest absolute Gasteiger partial charge is 0.234 e. The highest BCUT2D eigenvalue weighted by Gasteiger charge is 2.26. The number of piperidine rings is 1. The van der Waals surface area contributed by atoms with Crippen molar-refractivity contribution in [2.45, 2.75) is 19.3 Å². The molecule has 1 aliphatic heterocycles. The van der Waals surface area contributed by atoms with E-state index in [2.05, 4.69) is 10.6 Å². The molecule has 122 valence electrons. The molecule has 1 aliphatic rings. The standard InChI is InChI=1S/C14H28N4O3/c1-21-9-3-6-16-13(19)11-18-8-2-4-12(10-18)14(20)17-7-5-15/h12H,2-11,15H2,1H3,(H,16,19)(H,17,20). The summed E-state index contributed by atoms with van der Waals surface area (Å²) in [4.78, 5) is 25.8. The van der Waals surface area contributed by atoms with E-state index in [1.165, 1.54) is 0 Å². The third-order valence-corrected chi connectivity index (χ3v) is 3.53. The summed E-state index contributed by atoms with van der Waals surface area (Å²) < 4.78 is 4.93. The van der Waals surface area contributed by atoms with E-state index in [-0.39, 0.29) is 17.7 Å². The number of amides is 2. The number of nitrogens with two attached hydrogens (primary N) is 1. The molecular formula is C14H28N4O3. The molecule has 4 N–H and O–H groups in total. The van der Waals surface area contributed by atoms with Gasteiger partial charge in [0, 0.05) is 39.9 Å². The second-order valence-electron chi connectivity index (χ2n) is 5.35. The monoisotopic (exact) mass is 300 g/mol. The Morgan fingerprint density at radius 2 is 2.14 bits per heavy atom. The van der Waals surface area contributed by atoms with E-state index in [1.807, 2.05) is 4.90 Å². The molecule has 7 nitrogen and oxygen atoms in total. The quantitative estimate of drug-likeness (QED) is 0.471. The van der Waals surface area contributed by atoms with Crippen LogP contribution in [-0.4, -0.2) is 69.7 Å². The molecule has 0 saturated carbocycles. The van der Waals surface area contributed by atoms with Crippen LogP contribution in [0.2, 0.25) is 0 Å². The van der Waals surface area contributed by atoms with Crippen molar-refractivity contribution in [3.63, 3.8) is 0 Å². The lowest BCUT2D eigenvalue weighted by Gasteiger charge is -2.31. The minimum absolute atomic E-state index is 0.00844. The number of carbonyl (C=O) groups is 2. The number of nitrogens with zero attached hydrogens (tertiary/aromatic N) is 1. The molecule has 1 heterocycles. The molecule has 0 aliphatic carbocycles. The first kappa shape index (κ1) is 17.9. The van der Waals surface area contributed by atoms with Crippen molar-refractivity contribution in [1.29, 1.82) is 0 Å². The molecule has 1 rings (SSSR count). The summed E-state index contributed by atoms with van der Waals surface area (Å²) in [5, 5.41) is 5.68. The maximum atomic E-state index is 11.9.